The van der Waals surface area contributed by atoms with Crippen LogP contribution in [0.2, 0.25) is 0 Å². The summed E-state index contributed by atoms with van der Waals surface area (Å²) in [5, 5.41) is 4.85. The number of pyridine rings is 1. The largest absolute Gasteiger partial charge is 0.440 e. The standard InChI is InChI=1S/C21H19F3N4O2/c22-21(23,24)15-6-3-7-16(10-15)27-20(29)28-18-9-8-14(11-25-18)17-12-26-19(30-17)13-4-1-2-5-13/h3,6-13H,1-2,4-5H2,(H2,25,27,28,29). The number of alkyl halides is 3. The monoisotopic (exact) mass is 416 g/mol. The van der Waals surface area contributed by atoms with Gasteiger partial charge in [-0.05, 0) is 43.2 Å². The summed E-state index contributed by atoms with van der Waals surface area (Å²) < 4.78 is 44.2. The second kappa shape index (κ2) is 8.17. The molecule has 30 heavy (non-hydrogen) atoms. The van der Waals surface area contributed by atoms with E-state index in [1.165, 1.54) is 25.0 Å². The normalized spacial score (nSPS) is 14.6. The predicted molar refractivity (Wildman–Crippen MR) is 105 cm³/mol. The second-order valence-corrected chi connectivity index (χ2v) is 7.13. The summed E-state index contributed by atoms with van der Waals surface area (Å²) in [6, 6.07) is 7.01. The highest BCUT2D eigenvalue weighted by Gasteiger charge is 2.30. The van der Waals surface area contributed by atoms with Crippen LogP contribution >= 0.6 is 0 Å². The number of benzene rings is 1. The Morgan fingerprint density at radius 3 is 2.53 bits per heavy atom. The first kappa shape index (κ1) is 19.9. The van der Waals surface area contributed by atoms with Crippen molar-refractivity contribution in [2.24, 2.45) is 0 Å². The number of amides is 2. The van der Waals surface area contributed by atoms with Crippen molar-refractivity contribution < 1.29 is 22.4 Å². The fourth-order valence-electron chi connectivity index (χ4n) is 3.45. The highest BCUT2D eigenvalue weighted by atomic mass is 19.4. The van der Waals surface area contributed by atoms with Crippen molar-refractivity contribution in [3.8, 4) is 11.3 Å². The van der Waals surface area contributed by atoms with Gasteiger partial charge in [-0.25, -0.2) is 14.8 Å². The van der Waals surface area contributed by atoms with E-state index in [0.717, 1.165) is 36.4 Å². The zero-order chi connectivity index (χ0) is 21.1. The van der Waals surface area contributed by atoms with E-state index in [9.17, 15) is 18.0 Å². The summed E-state index contributed by atoms with van der Waals surface area (Å²) in [4.78, 5) is 20.6. The Bertz CT molecular complexity index is 1030. The number of urea groups is 1. The first-order chi connectivity index (χ1) is 14.4. The fourth-order valence-corrected chi connectivity index (χ4v) is 3.45. The zero-order valence-corrected chi connectivity index (χ0v) is 15.9. The van der Waals surface area contributed by atoms with Crippen molar-refractivity contribution in [1.82, 2.24) is 9.97 Å². The maximum absolute atomic E-state index is 12.8. The molecule has 2 aromatic heterocycles. The molecule has 0 aliphatic heterocycles. The summed E-state index contributed by atoms with van der Waals surface area (Å²) in [5.41, 5.74) is -0.0950. The van der Waals surface area contributed by atoms with Crippen LogP contribution < -0.4 is 10.6 Å². The van der Waals surface area contributed by atoms with Crippen LogP contribution in [0.5, 0.6) is 0 Å². The molecule has 0 saturated heterocycles. The van der Waals surface area contributed by atoms with Gasteiger partial charge in [0.1, 0.15) is 5.82 Å². The SMILES string of the molecule is O=C(Nc1cccc(C(F)(F)F)c1)Nc1ccc(-c2cnc(C3CCCC3)o2)cn1. The minimum absolute atomic E-state index is 0.0278. The quantitative estimate of drug-likeness (QED) is 0.542. The van der Waals surface area contributed by atoms with Gasteiger partial charge in [0, 0.05) is 23.4 Å². The van der Waals surface area contributed by atoms with Gasteiger partial charge in [0.25, 0.3) is 0 Å². The zero-order valence-electron chi connectivity index (χ0n) is 15.9. The van der Waals surface area contributed by atoms with Crippen LogP contribution in [0.4, 0.5) is 29.5 Å². The minimum Gasteiger partial charge on any atom is -0.440 e. The maximum Gasteiger partial charge on any atom is 0.416 e. The summed E-state index contributed by atoms with van der Waals surface area (Å²) in [7, 11) is 0. The van der Waals surface area contributed by atoms with Crippen molar-refractivity contribution in [2.75, 3.05) is 10.6 Å². The summed E-state index contributed by atoms with van der Waals surface area (Å²) >= 11 is 0. The molecule has 2 heterocycles. The van der Waals surface area contributed by atoms with Gasteiger partial charge in [-0.1, -0.05) is 18.9 Å². The average molecular weight is 416 g/mol. The lowest BCUT2D eigenvalue weighted by Gasteiger charge is -2.10. The average Bonchev–Trinajstić information content (AvgIpc) is 3.40. The number of nitrogens with zero attached hydrogens (tertiary/aromatic N) is 2. The Morgan fingerprint density at radius 1 is 1.03 bits per heavy atom. The smallest absolute Gasteiger partial charge is 0.416 e. The van der Waals surface area contributed by atoms with Gasteiger partial charge < -0.3 is 9.73 Å². The molecule has 156 valence electrons. The van der Waals surface area contributed by atoms with E-state index < -0.39 is 17.8 Å². The van der Waals surface area contributed by atoms with Gasteiger partial charge in [-0.15, -0.1) is 0 Å². The molecule has 9 heteroatoms. The molecular formula is C21H19F3N4O2. The third kappa shape index (κ3) is 4.61. The molecule has 0 bridgehead atoms. The lowest BCUT2D eigenvalue weighted by atomic mass is 10.1. The first-order valence-corrected chi connectivity index (χ1v) is 9.56. The molecule has 1 fully saturated rings. The van der Waals surface area contributed by atoms with E-state index >= 15 is 0 Å². The molecule has 0 unspecified atom stereocenters. The summed E-state index contributed by atoms with van der Waals surface area (Å²) in [5.74, 6) is 1.96. The highest BCUT2D eigenvalue weighted by Crippen LogP contribution is 2.35. The molecule has 2 amide bonds. The lowest BCUT2D eigenvalue weighted by Crippen LogP contribution is -2.20. The molecule has 2 N–H and O–H groups in total. The molecule has 1 aliphatic carbocycles. The van der Waals surface area contributed by atoms with Gasteiger partial charge in [0.2, 0.25) is 0 Å². The predicted octanol–water partition coefficient (Wildman–Crippen LogP) is 6.06. The van der Waals surface area contributed by atoms with Crippen LogP contribution in [-0.4, -0.2) is 16.0 Å². The van der Waals surface area contributed by atoms with Crippen LogP contribution in [0.25, 0.3) is 11.3 Å². The van der Waals surface area contributed by atoms with E-state index in [1.54, 1.807) is 24.5 Å². The van der Waals surface area contributed by atoms with Crippen LogP contribution in [0, 0.1) is 0 Å². The number of hydrogen-bond acceptors (Lipinski definition) is 4. The Morgan fingerprint density at radius 2 is 1.83 bits per heavy atom. The lowest BCUT2D eigenvalue weighted by molar-refractivity contribution is -0.137. The van der Waals surface area contributed by atoms with Crippen molar-refractivity contribution in [3.63, 3.8) is 0 Å². The van der Waals surface area contributed by atoms with Gasteiger partial charge in [0.15, 0.2) is 11.7 Å². The molecule has 3 aromatic rings. The minimum atomic E-state index is -4.48. The van der Waals surface area contributed by atoms with E-state index in [0.29, 0.717) is 11.7 Å². The van der Waals surface area contributed by atoms with E-state index in [1.807, 2.05) is 0 Å². The number of halogens is 3. The topological polar surface area (TPSA) is 80.0 Å². The third-order valence-corrected chi connectivity index (χ3v) is 4.97. The first-order valence-electron chi connectivity index (χ1n) is 9.56. The summed E-state index contributed by atoms with van der Waals surface area (Å²) in [6.45, 7) is 0. The fraction of sp³-hybridized carbons (Fsp3) is 0.286. The van der Waals surface area contributed by atoms with Crippen LogP contribution in [-0.2, 0) is 6.18 Å². The Hall–Kier alpha value is -3.36. The van der Waals surface area contributed by atoms with Gasteiger partial charge in [-0.3, -0.25) is 5.32 Å². The van der Waals surface area contributed by atoms with Gasteiger partial charge >= 0.3 is 12.2 Å². The summed E-state index contributed by atoms with van der Waals surface area (Å²) in [6.07, 6.45) is 3.27. The molecule has 1 aliphatic rings. The van der Waals surface area contributed by atoms with Crippen molar-refractivity contribution in [1.29, 1.82) is 0 Å². The molecule has 6 nitrogen and oxygen atoms in total. The second-order valence-electron chi connectivity index (χ2n) is 7.13. The number of rotatable bonds is 4. The Labute approximate surface area is 170 Å². The van der Waals surface area contributed by atoms with Gasteiger partial charge in [-0.2, -0.15) is 13.2 Å². The van der Waals surface area contributed by atoms with Crippen LogP contribution in [0.3, 0.4) is 0 Å². The molecule has 1 saturated carbocycles. The highest BCUT2D eigenvalue weighted by molar-refractivity contribution is 5.99. The Kier molecular flexibility index (Phi) is 5.43. The van der Waals surface area contributed by atoms with E-state index in [2.05, 4.69) is 20.6 Å². The maximum atomic E-state index is 12.8. The van der Waals surface area contributed by atoms with Crippen molar-refractivity contribution >= 4 is 17.5 Å². The number of carbonyl (C=O) groups excluding carboxylic acids is 1. The Balaban J connectivity index is 1.38. The number of nitrogens with one attached hydrogen (secondary N) is 2. The van der Waals surface area contributed by atoms with E-state index in [-0.39, 0.29) is 11.5 Å². The number of carbonyl (C=O) groups is 1. The molecule has 1 aromatic carbocycles. The molecule has 0 radical (unpaired) electrons. The van der Waals surface area contributed by atoms with Crippen molar-refractivity contribution in [3.05, 3.63) is 60.2 Å². The van der Waals surface area contributed by atoms with Crippen LogP contribution in [0.15, 0.2) is 53.2 Å². The molecular weight excluding hydrogens is 397 g/mol. The van der Waals surface area contributed by atoms with Gasteiger partial charge in [0.05, 0.1) is 11.8 Å². The van der Waals surface area contributed by atoms with Crippen LogP contribution in [0.1, 0.15) is 43.1 Å². The number of oxazole rings is 1. The number of aromatic nitrogens is 2. The van der Waals surface area contributed by atoms with Crippen molar-refractivity contribution in [2.45, 2.75) is 37.8 Å². The molecule has 0 spiro atoms. The number of anilines is 2. The van der Waals surface area contributed by atoms with E-state index in [4.69, 9.17) is 4.42 Å². The molecule has 0 atom stereocenters. The molecule has 4 rings (SSSR count). The third-order valence-electron chi connectivity index (χ3n) is 4.97. The number of hydrogen-bond donors (Lipinski definition) is 2.